The first-order chi connectivity index (χ1) is 27.2. The highest BCUT2D eigenvalue weighted by Crippen LogP contribution is 2.69. The van der Waals surface area contributed by atoms with Gasteiger partial charge in [0.15, 0.2) is 6.10 Å². The lowest BCUT2D eigenvalue weighted by molar-refractivity contribution is -0.240. The number of aromatic nitrogens is 1. The molecule has 57 heavy (non-hydrogen) atoms. The molecular formula is C44H53IN4O8. The molecule has 1 saturated carbocycles. The van der Waals surface area contributed by atoms with Crippen LogP contribution in [0.2, 0.25) is 0 Å². The summed E-state index contributed by atoms with van der Waals surface area (Å²) in [6.45, 7) is 9.22. The van der Waals surface area contributed by atoms with Gasteiger partial charge < -0.3 is 33.9 Å². The van der Waals surface area contributed by atoms with Crippen LogP contribution in [-0.4, -0.2) is 127 Å². The second kappa shape index (κ2) is 13.5. The zero-order valence-electron chi connectivity index (χ0n) is 33.8. The van der Waals surface area contributed by atoms with Crippen molar-refractivity contribution in [3.8, 4) is 0 Å². The number of nitrogens with one attached hydrogen (secondary N) is 1. The smallest absolute Gasteiger partial charge is 0.344 e. The summed E-state index contributed by atoms with van der Waals surface area (Å²) in [4.78, 5) is 53.1. The Morgan fingerprint density at radius 2 is 1.82 bits per heavy atom. The van der Waals surface area contributed by atoms with Gasteiger partial charge >= 0.3 is 17.9 Å². The Labute approximate surface area is 347 Å². The second-order valence-corrected chi connectivity index (χ2v) is 18.8. The first kappa shape index (κ1) is 39.0. The number of aliphatic hydroxyl groups is 1. The van der Waals surface area contributed by atoms with Crippen molar-refractivity contribution >= 4 is 51.4 Å². The Morgan fingerprint density at radius 3 is 2.53 bits per heavy atom. The fourth-order valence-electron chi connectivity index (χ4n) is 13.1. The summed E-state index contributed by atoms with van der Waals surface area (Å²) < 4.78 is 25.1. The molecule has 1 aromatic heterocycles. The maximum atomic E-state index is 15.2. The van der Waals surface area contributed by atoms with Gasteiger partial charge in [-0.1, -0.05) is 43.7 Å². The minimum absolute atomic E-state index is 0.0586. The lowest BCUT2D eigenvalue weighted by Gasteiger charge is -2.62. The standard InChI is InChI=1S/C44H53IN4O8/c1-8-25-16-26-20-43(39(51)55-6,35-29(23-48(21-25)22-26)28-17-27(45)10-11-32(28)46-35)31-18-30-33(19-34(31)54-5)47(4)37-42(30)13-15-49-14-9-12-41(3,36(42)49)38(57-24(2)50)44(37,53)40(52)56-7/h9-12,16-19,26,31,34,36-38,46,53H,8,13-15,20-23H2,1-7H3/t26-,31?,34?,36+,37-,38-,41-,42-,43+,44+/m1/s1. The number of methoxy groups -OCH3 is 3. The van der Waals surface area contributed by atoms with E-state index >= 15 is 4.79 Å². The maximum absolute atomic E-state index is 15.2. The molecule has 2 aromatic rings. The average Bonchev–Trinajstić information content (AvgIpc) is 3.83. The van der Waals surface area contributed by atoms with E-state index in [9.17, 15) is 14.7 Å². The van der Waals surface area contributed by atoms with Crippen LogP contribution in [0.5, 0.6) is 0 Å². The topological polar surface area (TPSA) is 134 Å². The van der Waals surface area contributed by atoms with E-state index in [4.69, 9.17) is 18.9 Å². The van der Waals surface area contributed by atoms with E-state index in [-0.39, 0.29) is 17.9 Å². The molecule has 13 heteroatoms. The monoisotopic (exact) mass is 892 g/mol. The fourth-order valence-corrected chi connectivity index (χ4v) is 13.5. The van der Waals surface area contributed by atoms with Crippen LogP contribution in [0.25, 0.3) is 10.9 Å². The van der Waals surface area contributed by atoms with Crippen molar-refractivity contribution in [1.82, 2.24) is 19.7 Å². The van der Waals surface area contributed by atoms with Crippen molar-refractivity contribution in [1.29, 1.82) is 0 Å². The Balaban J connectivity index is 1.33. The lowest BCUT2D eigenvalue weighted by Crippen LogP contribution is -2.79. The van der Waals surface area contributed by atoms with E-state index in [1.54, 1.807) is 7.11 Å². The van der Waals surface area contributed by atoms with Crippen molar-refractivity contribution < 1.29 is 38.4 Å². The zero-order chi connectivity index (χ0) is 40.4. The lowest BCUT2D eigenvalue weighted by atomic mass is 9.48. The summed E-state index contributed by atoms with van der Waals surface area (Å²) in [7, 11) is 6.31. The third-order valence-electron chi connectivity index (χ3n) is 14.8. The number of allylic oxidation sites excluding steroid dienone is 1. The molecule has 1 spiro atoms. The molecule has 0 amide bonds. The predicted octanol–water partition coefficient (Wildman–Crippen LogP) is 4.61. The molecule has 3 fully saturated rings. The molecule has 12 nitrogen and oxygen atoms in total. The Morgan fingerprint density at radius 1 is 1.05 bits per heavy atom. The highest BCUT2D eigenvalue weighted by molar-refractivity contribution is 14.1. The number of fused-ring (bicyclic) bond motifs is 6. The van der Waals surface area contributed by atoms with Crippen LogP contribution in [0.15, 0.2) is 65.4 Å². The van der Waals surface area contributed by atoms with E-state index < -0.39 is 58.0 Å². The zero-order valence-corrected chi connectivity index (χ0v) is 35.9. The molecule has 1 aromatic carbocycles. The number of likely N-dealkylation sites (N-methyl/N-ethyl adjacent to an activating group) is 1. The van der Waals surface area contributed by atoms with Crippen LogP contribution in [0.4, 0.5) is 0 Å². The summed E-state index contributed by atoms with van der Waals surface area (Å²) in [5.74, 6) is -2.27. The number of aromatic amines is 1. The number of carbonyl (C=O) groups excluding carboxylic acids is 3. The Hall–Kier alpha value is -3.50. The number of nitrogens with zero attached hydrogens (tertiary/aromatic N) is 3. The molecule has 304 valence electrons. The van der Waals surface area contributed by atoms with E-state index in [2.05, 4.69) is 80.7 Å². The Bertz CT molecular complexity index is 2200. The highest BCUT2D eigenvalue weighted by atomic mass is 127. The highest BCUT2D eigenvalue weighted by Gasteiger charge is 2.80. The summed E-state index contributed by atoms with van der Waals surface area (Å²) >= 11 is 2.36. The molecule has 5 aliphatic heterocycles. The molecule has 7 aliphatic rings. The third kappa shape index (κ3) is 5.13. The average molecular weight is 893 g/mol. The van der Waals surface area contributed by atoms with Gasteiger partial charge in [0.2, 0.25) is 5.60 Å². The minimum Gasteiger partial charge on any atom is -0.468 e. The summed E-state index contributed by atoms with van der Waals surface area (Å²) in [5.41, 5.74) is 0.728. The summed E-state index contributed by atoms with van der Waals surface area (Å²) in [6.07, 6.45) is 11.0. The Kier molecular flexibility index (Phi) is 9.24. The van der Waals surface area contributed by atoms with Crippen LogP contribution in [0, 0.1) is 26.2 Å². The van der Waals surface area contributed by atoms with Crippen molar-refractivity contribution in [2.75, 3.05) is 54.6 Å². The molecule has 2 bridgehead atoms. The largest absolute Gasteiger partial charge is 0.468 e. The first-order valence-electron chi connectivity index (χ1n) is 20.1. The third-order valence-corrected chi connectivity index (χ3v) is 15.5. The molecule has 3 unspecified atom stereocenters. The molecular weight excluding hydrogens is 839 g/mol. The number of benzene rings is 1. The van der Waals surface area contributed by atoms with Gasteiger partial charge in [-0.05, 0) is 89.7 Å². The van der Waals surface area contributed by atoms with Gasteiger partial charge in [-0.15, -0.1) is 0 Å². The fraction of sp³-hybridized carbons (Fsp3) is 0.568. The van der Waals surface area contributed by atoms with E-state index in [1.165, 1.54) is 26.7 Å². The molecule has 11 atom stereocenters. The van der Waals surface area contributed by atoms with Gasteiger partial charge in [-0.25, -0.2) is 4.79 Å². The SMILES string of the molecule is CCC1=C[C@H]2CN(C1)Cc1c([nH]c3ccc(I)cc13)[C@@](C(=O)OC)(C1C=C3C(=CC1OC)N(C)[C@H]1[C@@](O)(C(=O)OC)[C@H](OC(C)=O)[C@]4(C)C=CCN5CC[C@]31[C@@H]54)C2. The van der Waals surface area contributed by atoms with Gasteiger partial charge in [0.1, 0.15) is 5.41 Å². The van der Waals surface area contributed by atoms with Gasteiger partial charge in [0.05, 0.1) is 26.4 Å². The number of halogens is 1. The number of esters is 3. The van der Waals surface area contributed by atoms with Crippen molar-refractivity contribution in [3.63, 3.8) is 0 Å². The number of hydrogen-bond acceptors (Lipinski definition) is 11. The second-order valence-electron chi connectivity index (χ2n) is 17.6. The van der Waals surface area contributed by atoms with E-state index in [0.717, 1.165) is 56.5 Å². The van der Waals surface area contributed by atoms with Gasteiger partial charge in [-0.2, -0.15) is 0 Å². The van der Waals surface area contributed by atoms with Gasteiger partial charge in [-0.3, -0.25) is 19.4 Å². The number of hydrogen-bond donors (Lipinski definition) is 2. The maximum Gasteiger partial charge on any atom is 0.344 e. The van der Waals surface area contributed by atoms with Crippen LogP contribution in [0.3, 0.4) is 0 Å². The van der Waals surface area contributed by atoms with Crippen LogP contribution >= 0.6 is 22.6 Å². The number of ether oxygens (including phenoxy) is 4. The molecule has 2 aliphatic carbocycles. The molecule has 9 rings (SSSR count). The summed E-state index contributed by atoms with van der Waals surface area (Å²) in [5, 5.41) is 14.3. The predicted molar refractivity (Wildman–Crippen MR) is 221 cm³/mol. The van der Waals surface area contributed by atoms with Crippen molar-refractivity contribution in [2.45, 2.75) is 81.9 Å². The molecule has 2 N–H and O–H groups in total. The van der Waals surface area contributed by atoms with Crippen molar-refractivity contribution in [2.24, 2.45) is 22.7 Å². The van der Waals surface area contributed by atoms with Crippen LogP contribution in [-0.2, 0) is 45.3 Å². The number of carbonyl (C=O) groups is 3. The van der Waals surface area contributed by atoms with E-state index in [1.807, 2.05) is 31.0 Å². The number of H-pyrrole nitrogens is 1. The first-order valence-corrected chi connectivity index (χ1v) is 21.2. The quantitative estimate of drug-likeness (QED) is 0.183. The van der Waals surface area contributed by atoms with E-state index in [0.29, 0.717) is 32.5 Å². The normalized spacial score (nSPS) is 39.1. The molecule has 2 saturated heterocycles. The molecule has 6 heterocycles. The number of rotatable bonds is 6. The summed E-state index contributed by atoms with van der Waals surface area (Å²) in [6, 6.07) is 5.24. The van der Waals surface area contributed by atoms with Gasteiger partial charge in [0.25, 0.3) is 0 Å². The number of likely N-dealkylation sites (tertiary alicyclic amines) is 1. The van der Waals surface area contributed by atoms with Crippen LogP contribution in [0.1, 0.15) is 51.3 Å². The molecule has 0 radical (unpaired) electrons. The minimum atomic E-state index is -2.26. The van der Waals surface area contributed by atoms with Crippen molar-refractivity contribution in [3.05, 3.63) is 80.3 Å². The van der Waals surface area contributed by atoms with Crippen LogP contribution < -0.4 is 0 Å². The van der Waals surface area contributed by atoms with Gasteiger partial charge in [0, 0.05) is 95.9 Å².